The number of carbonyl (C=O) groups excluding carboxylic acids is 1. The van der Waals surface area contributed by atoms with Crippen LogP contribution in [0.1, 0.15) is 24.0 Å². The van der Waals surface area contributed by atoms with E-state index in [4.69, 9.17) is 14.2 Å². The van der Waals surface area contributed by atoms with Crippen LogP contribution < -0.4 is 24.8 Å². The van der Waals surface area contributed by atoms with Crippen molar-refractivity contribution in [3.05, 3.63) is 84.1 Å². The van der Waals surface area contributed by atoms with Crippen LogP contribution in [0.3, 0.4) is 0 Å². The molecule has 3 N–H and O–H groups in total. The summed E-state index contributed by atoms with van der Waals surface area (Å²) in [6.07, 6.45) is 2.05. The van der Waals surface area contributed by atoms with Gasteiger partial charge in [0.2, 0.25) is 12.7 Å². The number of ether oxygens (including phenoxy) is 3. The maximum Gasteiger partial charge on any atom is 0.241 e. The van der Waals surface area contributed by atoms with E-state index in [0.717, 1.165) is 16.8 Å². The Hall–Kier alpha value is -3.97. The van der Waals surface area contributed by atoms with Gasteiger partial charge < -0.3 is 29.8 Å². The fourth-order valence-electron chi connectivity index (χ4n) is 4.24. The molecule has 0 saturated carbocycles. The molecular weight excluding hydrogens is 430 g/mol. The number of methoxy groups -OCH3 is 1. The van der Waals surface area contributed by atoms with Crippen LogP contribution in [0.15, 0.2) is 72.9 Å². The Labute approximate surface area is 198 Å². The minimum absolute atomic E-state index is 0.0443. The number of carbonyl (C=O) groups is 1. The van der Waals surface area contributed by atoms with Crippen LogP contribution in [0.25, 0.3) is 10.9 Å². The number of aromatic nitrogens is 1. The summed E-state index contributed by atoms with van der Waals surface area (Å²) in [4.78, 5) is 16.2. The van der Waals surface area contributed by atoms with Gasteiger partial charge in [-0.1, -0.05) is 30.3 Å². The molecule has 3 aromatic carbocycles. The average molecular weight is 458 g/mol. The number of fused-ring (bicyclic) bond motifs is 2. The summed E-state index contributed by atoms with van der Waals surface area (Å²) in [7, 11) is 1.66. The lowest BCUT2D eigenvalue weighted by molar-refractivity contribution is -0.117. The third kappa shape index (κ3) is 4.43. The Balaban J connectivity index is 1.33. The average Bonchev–Trinajstić information content (AvgIpc) is 3.51. The molecule has 7 nitrogen and oxygen atoms in total. The predicted octanol–water partition coefficient (Wildman–Crippen LogP) is 4.65. The minimum atomic E-state index is -0.406. The van der Waals surface area contributed by atoms with Crippen molar-refractivity contribution in [2.45, 2.75) is 18.9 Å². The zero-order chi connectivity index (χ0) is 23.5. The third-order valence-electron chi connectivity index (χ3n) is 6.18. The lowest BCUT2D eigenvalue weighted by atomic mass is 9.90. The molecule has 174 valence electrons. The van der Waals surface area contributed by atoms with Gasteiger partial charge in [-0.25, -0.2) is 0 Å². The monoisotopic (exact) mass is 457 g/mol. The summed E-state index contributed by atoms with van der Waals surface area (Å²) < 4.78 is 16.1. The first-order chi connectivity index (χ1) is 16.6. The van der Waals surface area contributed by atoms with Crippen molar-refractivity contribution in [3.8, 4) is 17.2 Å². The molecule has 7 heteroatoms. The predicted molar refractivity (Wildman–Crippen MR) is 132 cm³/mol. The first-order valence-electron chi connectivity index (χ1n) is 11.3. The molecule has 1 aliphatic rings. The van der Waals surface area contributed by atoms with Crippen molar-refractivity contribution in [2.24, 2.45) is 0 Å². The molecule has 2 atom stereocenters. The molecule has 0 unspecified atom stereocenters. The first-order valence-corrected chi connectivity index (χ1v) is 11.3. The Kier molecular flexibility index (Phi) is 6.10. The van der Waals surface area contributed by atoms with Crippen molar-refractivity contribution in [1.29, 1.82) is 0 Å². The summed E-state index contributed by atoms with van der Waals surface area (Å²) in [5.74, 6) is 2.06. The molecular formula is C27H27N3O4. The number of nitrogens with one attached hydrogen (secondary N) is 3. The van der Waals surface area contributed by atoms with E-state index in [1.807, 2.05) is 37.3 Å². The topological polar surface area (TPSA) is 84.6 Å². The molecule has 0 radical (unpaired) electrons. The summed E-state index contributed by atoms with van der Waals surface area (Å²) in [6, 6.07) is 21.3. The summed E-state index contributed by atoms with van der Waals surface area (Å²) in [5, 5.41) is 7.55. The number of aromatic amines is 1. The van der Waals surface area contributed by atoms with Crippen molar-refractivity contribution >= 4 is 22.5 Å². The highest BCUT2D eigenvalue weighted by atomic mass is 16.7. The minimum Gasteiger partial charge on any atom is -0.497 e. The number of hydrogen-bond acceptors (Lipinski definition) is 5. The number of para-hydroxylation sites is 1. The van der Waals surface area contributed by atoms with Crippen LogP contribution in [0.2, 0.25) is 0 Å². The van der Waals surface area contributed by atoms with E-state index in [0.29, 0.717) is 23.7 Å². The van der Waals surface area contributed by atoms with Gasteiger partial charge in [-0.3, -0.25) is 4.79 Å². The molecule has 34 heavy (non-hydrogen) atoms. The standard InChI is InChI=1S/C27H27N3O4/c1-17(27(31)30-19-9-12-25-26(13-19)34-16-33-25)28-14-22(18-7-10-20(32-2)11-8-18)23-15-29-24-6-4-3-5-21(23)24/h3-13,15,17,22,28-29H,14,16H2,1-2H3,(H,30,31)/t17-,22+/m0/s1. The van der Waals surface area contributed by atoms with Crippen LogP contribution >= 0.6 is 0 Å². The van der Waals surface area contributed by atoms with E-state index >= 15 is 0 Å². The second-order valence-electron chi connectivity index (χ2n) is 8.30. The van der Waals surface area contributed by atoms with Crippen molar-refractivity contribution < 1.29 is 19.0 Å². The highest BCUT2D eigenvalue weighted by Gasteiger charge is 2.22. The van der Waals surface area contributed by atoms with E-state index in [-0.39, 0.29) is 18.6 Å². The van der Waals surface area contributed by atoms with E-state index in [2.05, 4.69) is 46.1 Å². The number of anilines is 1. The van der Waals surface area contributed by atoms with Gasteiger partial charge in [-0.15, -0.1) is 0 Å². The Morgan fingerprint density at radius 1 is 1.06 bits per heavy atom. The molecule has 0 saturated heterocycles. The number of rotatable bonds is 8. The Morgan fingerprint density at radius 3 is 2.68 bits per heavy atom. The molecule has 1 amide bonds. The second-order valence-corrected chi connectivity index (χ2v) is 8.30. The van der Waals surface area contributed by atoms with Crippen LogP contribution in [0, 0.1) is 0 Å². The Morgan fingerprint density at radius 2 is 1.85 bits per heavy atom. The molecule has 4 aromatic rings. The molecule has 0 spiro atoms. The third-order valence-corrected chi connectivity index (χ3v) is 6.18. The Bertz CT molecular complexity index is 1300. The van der Waals surface area contributed by atoms with Gasteiger partial charge in [0.25, 0.3) is 0 Å². The largest absolute Gasteiger partial charge is 0.497 e. The first kappa shape index (κ1) is 21.9. The van der Waals surface area contributed by atoms with Crippen LogP contribution in [0.5, 0.6) is 17.2 Å². The van der Waals surface area contributed by atoms with Crippen LogP contribution in [-0.2, 0) is 4.79 Å². The van der Waals surface area contributed by atoms with Gasteiger partial charge in [-0.05, 0) is 48.4 Å². The number of hydrogen-bond donors (Lipinski definition) is 3. The van der Waals surface area contributed by atoms with Gasteiger partial charge in [-0.2, -0.15) is 0 Å². The quantitative estimate of drug-likeness (QED) is 0.359. The number of amides is 1. The fourth-order valence-corrected chi connectivity index (χ4v) is 4.24. The fraction of sp³-hybridized carbons (Fsp3) is 0.222. The highest BCUT2D eigenvalue weighted by Crippen LogP contribution is 2.34. The van der Waals surface area contributed by atoms with E-state index in [9.17, 15) is 4.79 Å². The van der Waals surface area contributed by atoms with Crippen LogP contribution in [-0.4, -0.2) is 37.4 Å². The van der Waals surface area contributed by atoms with Crippen molar-refractivity contribution in [3.63, 3.8) is 0 Å². The molecule has 2 heterocycles. The van der Waals surface area contributed by atoms with Gasteiger partial charge in [0, 0.05) is 41.3 Å². The van der Waals surface area contributed by atoms with Crippen molar-refractivity contribution in [2.75, 3.05) is 25.8 Å². The normalized spacial score (nSPS) is 14.1. The molecule has 0 fully saturated rings. The second kappa shape index (κ2) is 9.49. The van der Waals surface area contributed by atoms with E-state index < -0.39 is 6.04 Å². The van der Waals surface area contributed by atoms with Gasteiger partial charge in [0.05, 0.1) is 13.2 Å². The molecule has 0 bridgehead atoms. The van der Waals surface area contributed by atoms with Gasteiger partial charge >= 0.3 is 0 Å². The lowest BCUT2D eigenvalue weighted by Gasteiger charge is -2.21. The van der Waals surface area contributed by atoms with Gasteiger partial charge in [0.15, 0.2) is 11.5 Å². The molecule has 0 aliphatic carbocycles. The highest BCUT2D eigenvalue weighted by molar-refractivity contribution is 5.95. The maximum atomic E-state index is 12.9. The zero-order valence-electron chi connectivity index (χ0n) is 19.1. The maximum absolute atomic E-state index is 12.9. The number of H-pyrrole nitrogens is 1. The van der Waals surface area contributed by atoms with Crippen molar-refractivity contribution in [1.82, 2.24) is 10.3 Å². The van der Waals surface area contributed by atoms with E-state index in [1.54, 1.807) is 19.2 Å². The lowest BCUT2D eigenvalue weighted by Crippen LogP contribution is -2.40. The molecule has 5 rings (SSSR count). The molecule has 1 aromatic heterocycles. The van der Waals surface area contributed by atoms with E-state index in [1.165, 1.54) is 10.9 Å². The zero-order valence-corrected chi connectivity index (χ0v) is 19.1. The molecule has 1 aliphatic heterocycles. The summed E-state index contributed by atoms with van der Waals surface area (Å²) in [5.41, 5.74) is 4.08. The number of benzene rings is 3. The summed E-state index contributed by atoms with van der Waals surface area (Å²) in [6.45, 7) is 2.65. The smallest absolute Gasteiger partial charge is 0.241 e. The van der Waals surface area contributed by atoms with Gasteiger partial charge in [0.1, 0.15) is 5.75 Å². The SMILES string of the molecule is COc1ccc([C@@H](CN[C@@H](C)C(=O)Nc2ccc3c(c2)OCO3)c2c[nH]c3ccccc23)cc1. The summed E-state index contributed by atoms with van der Waals surface area (Å²) >= 11 is 0. The van der Waals surface area contributed by atoms with Crippen LogP contribution in [0.4, 0.5) is 5.69 Å².